The van der Waals surface area contributed by atoms with Crippen LogP contribution in [0, 0.1) is 0 Å². The second-order valence-electron chi connectivity index (χ2n) is 11.5. The molecule has 2 heteroatoms. The van der Waals surface area contributed by atoms with Crippen molar-refractivity contribution in [1.29, 1.82) is 0 Å². The second kappa shape index (κ2) is 10.6. The summed E-state index contributed by atoms with van der Waals surface area (Å²) in [6.45, 7) is 0. The Hall–Kier alpha value is -6.38. The summed E-state index contributed by atoms with van der Waals surface area (Å²) in [6.07, 6.45) is 1.39. The summed E-state index contributed by atoms with van der Waals surface area (Å²) in [6, 6.07) is 19.8. The topological polar surface area (TPSA) is 26.3 Å². The van der Waals surface area contributed by atoms with E-state index in [0.29, 0.717) is 49.6 Å². The van der Waals surface area contributed by atoms with Gasteiger partial charge in [-0.2, -0.15) is 0 Å². The smallest absolute Gasteiger partial charge is 0.136 e. The largest absolute Gasteiger partial charge is 0.464 e. The quantitative estimate of drug-likeness (QED) is 0.182. The van der Waals surface area contributed by atoms with E-state index in [-0.39, 0.29) is 74.5 Å². The Kier molecular flexibility index (Phi) is 3.74. The molecule has 10 rings (SSSR count). The van der Waals surface area contributed by atoms with Gasteiger partial charge in [-0.05, 0) is 84.8 Å². The molecule has 0 aliphatic heterocycles. The third-order valence-corrected chi connectivity index (χ3v) is 8.89. The predicted molar refractivity (Wildman–Crippen MR) is 200 cm³/mol. The van der Waals surface area contributed by atoms with Crippen LogP contribution in [0.15, 0.2) is 179 Å². The van der Waals surface area contributed by atoms with E-state index in [4.69, 9.17) is 23.9 Å². The molecule has 0 bridgehead atoms. The lowest BCUT2D eigenvalue weighted by atomic mass is 9.86. The molecule has 0 amide bonds. The molecule has 48 heavy (non-hydrogen) atoms. The van der Waals surface area contributed by atoms with E-state index in [1.165, 1.54) is 6.26 Å². The summed E-state index contributed by atoms with van der Waals surface area (Å²) in [5, 5.41) is 2.45. The minimum Gasteiger partial charge on any atom is -0.464 e. The SMILES string of the molecule is [2H]c1c([2H])c([2H])c(-c2coc3ccc4oc5cc(-c6ccc(-c7c8c([2H])c([2H])c([2H])c([2H])c8c(-c8ccccc8)c8c([2H])c([2H])c([2H])c([2H])c78)cc6)ccc5c4c23)c([2H])c1[2H]. The van der Waals surface area contributed by atoms with E-state index < -0.39 is 42.3 Å². The Labute approximate surface area is 295 Å². The second-order valence-corrected chi connectivity index (χ2v) is 11.5. The highest BCUT2D eigenvalue weighted by Crippen LogP contribution is 2.45. The van der Waals surface area contributed by atoms with Crippen LogP contribution in [-0.4, -0.2) is 0 Å². The van der Waals surface area contributed by atoms with E-state index in [2.05, 4.69) is 0 Å². The van der Waals surface area contributed by atoms with Gasteiger partial charge in [0.2, 0.25) is 0 Å². The number of benzene rings is 8. The zero-order chi connectivity index (χ0) is 42.9. The highest BCUT2D eigenvalue weighted by atomic mass is 16.3. The molecule has 10 aromatic rings. The lowest BCUT2D eigenvalue weighted by Gasteiger charge is -2.18. The van der Waals surface area contributed by atoms with Gasteiger partial charge in [-0.1, -0.05) is 139 Å². The van der Waals surface area contributed by atoms with Gasteiger partial charge in [0.25, 0.3) is 0 Å². The van der Waals surface area contributed by atoms with Crippen LogP contribution in [0.3, 0.4) is 0 Å². The van der Waals surface area contributed by atoms with Crippen molar-refractivity contribution in [3.05, 3.63) is 170 Å². The molecule has 0 radical (unpaired) electrons. The summed E-state index contributed by atoms with van der Waals surface area (Å²) in [4.78, 5) is 0. The van der Waals surface area contributed by atoms with E-state index >= 15 is 0 Å². The zero-order valence-corrected chi connectivity index (χ0v) is 25.0. The van der Waals surface area contributed by atoms with E-state index in [9.17, 15) is 2.74 Å². The Morgan fingerprint density at radius 2 is 0.958 bits per heavy atom. The molecule has 2 heterocycles. The lowest BCUT2D eigenvalue weighted by Crippen LogP contribution is -1.90. The highest BCUT2D eigenvalue weighted by molar-refractivity contribution is 6.23. The van der Waals surface area contributed by atoms with Crippen molar-refractivity contribution >= 4 is 54.5 Å². The first-order chi connectivity index (χ1) is 29.2. The minimum atomic E-state index is -0.491. The monoisotopic (exact) mass is 625 g/mol. The van der Waals surface area contributed by atoms with Gasteiger partial charge in [-0.25, -0.2) is 0 Å². The van der Waals surface area contributed by atoms with Crippen molar-refractivity contribution < 1.29 is 26.7 Å². The molecule has 224 valence electrons. The van der Waals surface area contributed by atoms with E-state index in [0.717, 1.165) is 11.1 Å². The van der Waals surface area contributed by atoms with Gasteiger partial charge in [0.15, 0.2) is 0 Å². The summed E-state index contributed by atoms with van der Waals surface area (Å²) in [5.74, 6) is 0. The lowest BCUT2D eigenvalue weighted by molar-refractivity contribution is 0.616. The van der Waals surface area contributed by atoms with Crippen molar-refractivity contribution in [2.24, 2.45) is 0 Å². The fourth-order valence-corrected chi connectivity index (χ4v) is 6.78. The molecule has 2 aromatic heterocycles. The van der Waals surface area contributed by atoms with Crippen molar-refractivity contribution in [3.63, 3.8) is 0 Å². The molecule has 0 fully saturated rings. The van der Waals surface area contributed by atoms with Crippen LogP contribution >= 0.6 is 0 Å². The Morgan fingerprint density at radius 3 is 1.62 bits per heavy atom. The first-order valence-corrected chi connectivity index (χ1v) is 15.3. The normalized spacial score (nSPS) is 15.5. The maximum Gasteiger partial charge on any atom is 0.136 e. The fourth-order valence-electron chi connectivity index (χ4n) is 6.78. The Morgan fingerprint density at radius 1 is 0.396 bits per heavy atom. The van der Waals surface area contributed by atoms with Crippen molar-refractivity contribution in [1.82, 2.24) is 0 Å². The van der Waals surface area contributed by atoms with Crippen LogP contribution in [0.1, 0.15) is 17.8 Å². The van der Waals surface area contributed by atoms with Crippen LogP contribution < -0.4 is 0 Å². The summed E-state index contributed by atoms with van der Waals surface area (Å²) < 4.78 is 125. The number of hydrogen-bond acceptors (Lipinski definition) is 2. The van der Waals surface area contributed by atoms with Gasteiger partial charge in [-0.15, -0.1) is 0 Å². The van der Waals surface area contributed by atoms with Crippen LogP contribution in [0.25, 0.3) is 99.0 Å². The number of furan rings is 2. The summed E-state index contributed by atoms with van der Waals surface area (Å²) >= 11 is 0. The molecule has 0 aliphatic rings. The predicted octanol–water partition coefficient (Wildman–Crippen LogP) is 13.3. The van der Waals surface area contributed by atoms with Gasteiger partial charge in [0.1, 0.15) is 16.7 Å². The Balaban J connectivity index is 1.18. The van der Waals surface area contributed by atoms with Crippen LogP contribution in [0.4, 0.5) is 0 Å². The van der Waals surface area contributed by atoms with Gasteiger partial charge in [-0.3, -0.25) is 0 Å². The third-order valence-electron chi connectivity index (χ3n) is 8.89. The fraction of sp³-hybridized carbons (Fsp3) is 0. The maximum absolute atomic E-state index is 9.18. The maximum atomic E-state index is 9.18. The van der Waals surface area contributed by atoms with Gasteiger partial charge >= 0.3 is 0 Å². The van der Waals surface area contributed by atoms with Crippen molar-refractivity contribution in [2.45, 2.75) is 0 Å². The molecular formula is C46H28O2. The van der Waals surface area contributed by atoms with Crippen LogP contribution in [-0.2, 0) is 0 Å². The molecule has 8 aromatic carbocycles. The summed E-state index contributed by atoms with van der Waals surface area (Å²) in [7, 11) is 0. The highest BCUT2D eigenvalue weighted by Gasteiger charge is 2.19. The van der Waals surface area contributed by atoms with E-state index in [1.807, 2.05) is 30.3 Å². The minimum absolute atomic E-state index is 0.0183. The van der Waals surface area contributed by atoms with Crippen LogP contribution in [0.5, 0.6) is 0 Å². The molecule has 0 spiro atoms. The van der Waals surface area contributed by atoms with Crippen LogP contribution in [0.2, 0.25) is 0 Å². The number of hydrogen-bond donors (Lipinski definition) is 0. The van der Waals surface area contributed by atoms with Crippen molar-refractivity contribution in [3.8, 4) is 44.5 Å². The molecule has 0 unspecified atom stereocenters. The standard InChI is InChI=1S/C46H28O2/c1-3-11-30(12-4-1)39-28-47-40-25-26-41-45(46(39)40)38-24-23-33(27-42(38)48-41)29-19-21-32(22-20-29)44-36-17-9-7-15-34(36)43(31-13-5-2-6-14-31)35-16-8-10-18-37(35)44/h1-28H/i1D,3D,4D,7D,8D,9D,10D,11D,12D,15D,16D,17D,18D. The number of rotatable bonds is 4. The zero-order valence-electron chi connectivity index (χ0n) is 38.0. The average Bonchev–Trinajstić information content (AvgIpc) is 3.87. The molecule has 0 aliphatic carbocycles. The molecule has 0 saturated carbocycles. The summed E-state index contributed by atoms with van der Waals surface area (Å²) in [5.41, 5.74) is 4.87. The van der Waals surface area contributed by atoms with Gasteiger partial charge in [0.05, 0.1) is 24.1 Å². The van der Waals surface area contributed by atoms with Gasteiger partial charge in [0, 0.05) is 21.7 Å². The first kappa shape index (κ1) is 17.0. The van der Waals surface area contributed by atoms with E-state index in [1.54, 1.807) is 54.6 Å². The Bertz CT molecular complexity index is 3450. The molecule has 0 N–H and O–H groups in total. The van der Waals surface area contributed by atoms with Gasteiger partial charge < -0.3 is 8.83 Å². The molecule has 0 saturated heterocycles. The molecule has 2 nitrogen and oxygen atoms in total. The third kappa shape index (κ3) is 4.06. The molecular weight excluding hydrogens is 585 g/mol. The molecule has 0 atom stereocenters. The first-order valence-electron chi connectivity index (χ1n) is 21.8. The van der Waals surface area contributed by atoms with Crippen molar-refractivity contribution in [2.75, 3.05) is 0 Å². The number of fused-ring (bicyclic) bond motifs is 7. The average molecular weight is 626 g/mol.